The summed E-state index contributed by atoms with van der Waals surface area (Å²) < 4.78 is 23.4. The molecule has 0 bridgehead atoms. The molecule has 1 unspecified atom stereocenters. The van der Waals surface area contributed by atoms with Gasteiger partial charge in [0.1, 0.15) is 0 Å². The Morgan fingerprint density at radius 2 is 1.52 bits per heavy atom. The first-order chi connectivity index (χ1) is 12.9. The molecule has 2 aromatic rings. The molecule has 0 aliphatic carbocycles. The van der Waals surface area contributed by atoms with E-state index in [1.165, 1.54) is 0 Å². The predicted octanol–water partition coefficient (Wildman–Crippen LogP) is 2.35. The molecule has 1 amide bonds. The molecule has 27 heavy (non-hydrogen) atoms. The average molecular weight is 387 g/mol. The zero-order valence-corrected chi connectivity index (χ0v) is 16.6. The van der Waals surface area contributed by atoms with Crippen LogP contribution >= 0.6 is 0 Å². The lowest BCUT2D eigenvalue weighted by Gasteiger charge is -2.32. The molecule has 0 radical (unpaired) electrons. The van der Waals surface area contributed by atoms with E-state index < -0.39 is 9.84 Å². The van der Waals surface area contributed by atoms with Gasteiger partial charge in [-0.15, -0.1) is 0 Å². The molecule has 0 spiro atoms. The fourth-order valence-corrected chi connectivity index (χ4v) is 5.44. The van der Waals surface area contributed by atoms with Crippen molar-refractivity contribution in [2.45, 2.75) is 18.5 Å². The van der Waals surface area contributed by atoms with Crippen LogP contribution in [0.25, 0.3) is 0 Å². The Balaban J connectivity index is 1.77. The van der Waals surface area contributed by atoms with Crippen LogP contribution in [0.3, 0.4) is 0 Å². The molecule has 0 N–H and O–H groups in total. The summed E-state index contributed by atoms with van der Waals surface area (Å²) in [6, 6.07) is 19.6. The largest absolute Gasteiger partial charge is 0.334 e. The van der Waals surface area contributed by atoms with E-state index in [-0.39, 0.29) is 36.0 Å². The second kappa shape index (κ2) is 8.23. The van der Waals surface area contributed by atoms with Crippen LogP contribution in [-0.2, 0) is 14.6 Å². The van der Waals surface area contributed by atoms with Crippen molar-refractivity contribution < 1.29 is 13.2 Å². The van der Waals surface area contributed by atoms with Crippen LogP contribution in [0.5, 0.6) is 0 Å². The highest BCUT2D eigenvalue weighted by Crippen LogP contribution is 2.28. The average Bonchev–Trinajstić information content (AvgIpc) is 3.03. The highest BCUT2D eigenvalue weighted by Gasteiger charge is 2.32. The Hall–Kier alpha value is -2.18. The van der Waals surface area contributed by atoms with Gasteiger partial charge in [0.25, 0.3) is 0 Å². The summed E-state index contributed by atoms with van der Waals surface area (Å²) in [6.07, 6.45) is 0.594. The summed E-state index contributed by atoms with van der Waals surface area (Å²) in [5.74, 6) is 0.323. The Labute approximate surface area is 161 Å². The Morgan fingerprint density at radius 3 is 1.96 bits per heavy atom. The molecule has 1 heterocycles. The van der Waals surface area contributed by atoms with Crippen LogP contribution in [-0.4, -0.2) is 62.3 Å². The molecular formula is C21H26N2O3S. The topological polar surface area (TPSA) is 57.7 Å². The van der Waals surface area contributed by atoms with Crippen molar-refractivity contribution in [3.8, 4) is 0 Å². The molecule has 0 saturated carbocycles. The molecule has 1 atom stereocenters. The van der Waals surface area contributed by atoms with Gasteiger partial charge in [0.2, 0.25) is 5.91 Å². The van der Waals surface area contributed by atoms with Crippen molar-refractivity contribution in [3.05, 3.63) is 71.8 Å². The fourth-order valence-electron chi connectivity index (χ4n) is 3.63. The minimum Gasteiger partial charge on any atom is -0.334 e. The molecule has 6 heteroatoms. The summed E-state index contributed by atoms with van der Waals surface area (Å²) in [4.78, 5) is 16.6. The number of amides is 1. The van der Waals surface area contributed by atoms with Gasteiger partial charge in [-0.1, -0.05) is 60.7 Å². The van der Waals surface area contributed by atoms with E-state index in [9.17, 15) is 13.2 Å². The van der Waals surface area contributed by atoms with E-state index in [2.05, 4.69) is 0 Å². The first kappa shape index (κ1) is 19.6. The molecule has 5 nitrogen and oxygen atoms in total. The third-order valence-electron chi connectivity index (χ3n) is 5.23. The minimum atomic E-state index is -2.97. The van der Waals surface area contributed by atoms with Gasteiger partial charge >= 0.3 is 0 Å². The number of sulfone groups is 1. The van der Waals surface area contributed by atoms with Crippen LogP contribution in [0, 0.1) is 0 Å². The van der Waals surface area contributed by atoms with Crippen LogP contribution in [0.2, 0.25) is 0 Å². The lowest BCUT2D eigenvalue weighted by atomic mass is 9.97. The molecule has 1 aliphatic rings. The minimum absolute atomic E-state index is 0.0282. The van der Waals surface area contributed by atoms with E-state index in [1.54, 1.807) is 4.90 Å². The molecule has 1 aliphatic heterocycles. The zero-order valence-electron chi connectivity index (χ0n) is 15.8. The third kappa shape index (κ3) is 4.76. The lowest BCUT2D eigenvalue weighted by molar-refractivity contribution is -0.132. The quantitative estimate of drug-likeness (QED) is 0.765. The molecule has 1 saturated heterocycles. The van der Waals surface area contributed by atoms with E-state index >= 15 is 0 Å². The Bertz CT molecular complexity index is 829. The number of rotatable bonds is 6. The molecule has 1 fully saturated rings. The predicted molar refractivity (Wildman–Crippen MR) is 107 cm³/mol. The number of hydrogen-bond acceptors (Lipinski definition) is 4. The smallest absolute Gasteiger partial charge is 0.237 e. The van der Waals surface area contributed by atoms with Crippen molar-refractivity contribution in [1.29, 1.82) is 0 Å². The molecule has 3 rings (SSSR count). The Kier molecular flexibility index (Phi) is 5.97. The van der Waals surface area contributed by atoms with Crippen molar-refractivity contribution in [2.75, 3.05) is 32.1 Å². The normalized spacial score (nSPS) is 18.7. The molecule has 0 aromatic heterocycles. The number of carbonyl (C=O) groups is 1. The number of nitrogens with zero attached hydrogens (tertiary/aromatic N) is 2. The SMILES string of the molecule is CN(CC(=O)N(C)C(c1ccccc1)c1ccccc1)C1CCS(=O)(=O)C1. The second-order valence-electron chi connectivity index (χ2n) is 7.20. The van der Waals surface area contributed by atoms with Gasteiger partial charge in [-0.2, -0.15) is 0 Å². The monoisotopic (exact) mass is 386 g/mol. The first-order valence-electron chi connectivity index (χ1n) is 9.13. The van der Waals surface area contributed by atoms with Gasteiger partial charge in [0.15, 0.2) is 9.84 Å². The zero-order chi connectivity index (χ0) is 19.4. The molecule has 144 valence electrons. The van der Waals surface area contributed by atoms with Crippen LogP contribution < -0.4 is 0 Å². The van der Waals surface area contributed by atoms with Crippen molar-refractivity contribution in [1.82, 2.24) is 9.80 Å². The van der Waals surface area contributed by atoms with Gasteiger partial charge in [-0.25, -0.2) is 8.42 Å². The maximum atomic E-state index is 13.0. The first-order valence-corrected chi connectivity index (χ1v) is 11.0. The standard InChI is InChI=1S/C21H26N2O3S/c1-22(19-13-14-27(25,26)16-19)15-20(24)23(2)21(17-9-5-3-6-10-17)18-11-7-4-8-12-18/h3-12,19,21H,13-16H2,1-2H3. The van der Waals surface area contributed by atoms with Crippen LogP contribution in [0.4, 0.5) is 0 Å². The highest BCUT2D eigenvalue weighted by atomic mass is 32.2. The number of hydrogen-bond donors (Lipinski definition) is 0. The summed E-state index contributed by atoms with van der Waals surface area (Å²) in [5.41, 5.74) is 2.09. The van der Waals surface area contributed by atoms with Gasteiger partial charge in [0, 0.05) is 13.1 Å². The lowest BCUT2D eigenvalue weighted by Crippen LogP contribution is -2.43. The van der Waals surface area contributed by atoms with Crippen LogP contribution in [0.15, 0.2) is 60.7 Å². The van der Waals surface area contributed by atoms with Crippen LogP contribution in [0.1, 0.15) is 23.6 Å². The van der Waals surface area contributed by atoms with E-state index in [4.69, 9.17) is 0 Å². The van der Waals surface area contributed by atoms with Gasteiger partial charge in [0.05, 0.1) is 24.1 Å². The fraction of sp³-hybridized carbons (Fsp3) is 0.381. The van der Waals surface area contributed by atoms with E-state index in [0.29, 0.717) is 6.42 Å². The van der Waals surface area contributed by atoms with E-state index in [0.717, 1.165) is 11.1 Å². The number of carbonyl (C=O) groups excluding carboxylic acids is 1. The van der Waals surface area contributed by atoms with Gasteiger partial charge < -0.3 is 4.90 Å². The number of likely N-dealkylation sites (N-methyl/N-ethyl adjacent to an activating group) is 2. The van der Waals surface area contributed by atoms with E-state index in [1.807, 2.05) is 79.7 Å². The summed E-state index contributed by atoms with van der Waals surface area (Å²) in [6.45, 7) is 0.201. The molecular weight excluding hydrogens is 360 g/mol. The maximum absolute atomic E-state index is 13.0. The maximum Gasteiger partial charge on any atom is 0.237 e. The van der Waals surface area contributed by atoms with Crippen molar-refractivity contribution in [2.24, 2.45) is 0 Å². The van der Waals surface area contributed by atoms with Crippen molar-refractivity contribution in [3.63, 3.8) is 0 Å². The summed E-state index contributed by atoms with van der Waals surface area (Å²) >= 11 is 0. The van der Waals surface area contributed by atoms with Gasteiger partial charge in [-0.3, -0.25) is 9.69 Å². The third-order valence-corrected chi connectivity index (χ3v) is 6.98. The van der Waals surface area contributed by atoms with Crippen molar-refractivity contribution >= 4 is 15.7 Å². The second-order valence-corrected chi connectivity index (χ2v) is 9.43. The summed E-state index contributed by atoms with van der Waals surface area (Å²) in [7, 11) is 0.677. The highest BCUT2D eigenvalue weighted by molar-refractivity contribution is 7.91. The Morgan fingerprint density at radius 1 is 1.00 bits per heavy atom. The van der Waals surface area contributed by atoms with Gasteiger partial charge in [-0.05, 0) is 24.6 Å². The molecule has 2 aromatic carbocycles. The number of benzene rings is 2. The summed E-state index contributed by atoms with van der Waals surface area (Å²) in [5, 5.41) is 0.